The predicted octanol–water partition coefficient (Wildman–Crippen LogP) is -3.16. The van der Waals surface area contributed by atoms with Crippen molar-refractivity contribution in [1.29, 1.82) is 0 Å². The Labute approximate surface area is 190 Å². The molecule has 0 aromatic carbocycles. The maximum atomic E-state index is 12.9. The van der Waals surface area contributed by atoms with Gasteiger partial charge >= 0.3 is 5.97 Å². The normalized spacial score (nSPS) is 13.4. The van der Waals surface area contributed by atoms with E-state index in [1.54, 1.807) is 0 Å². The number of nitrogens with one attached hydrogen (secondary N) is 4. The molecule has 3 unspecified atom stereocenters. The molecule has 11 N–H and O–H groups in total. The molecule has 0 fully saturated rings. The fraction of sp³-hybridized carbons (Fsp3) is 0.579. The number of hydrogen-bond donors (Lipinski definition) is 8. The van der Waals surface area contributed by atoms with E-state index >= 15 is 0 Å². The average molecular weight is 469 g/mol. The minimum absolute atomic E-state index is 0.0277. The van der Waals surface area contributed by atoms with Crippen molar-refractivity contribution in [3.63, 3.8) is 0 Å². The summed E-state index contributed by atoms with van der Waals surface area (Å²) in [5.74, 6) is -4.03. The van der Waals surface area contributed by atoms with E-state index in [1.807, 2.05) is 0 Å². The lowest BCUT2D eigenvalue weighted by Crippen LogP contribution is -2.57. The van der Waals surface area contributed by atoms with Gasteiger partial charge in [-0.15, -0.1) is 0 Å². The summed E-state index contributed by atoms with van der Waals surface area (Å²) in [6.07, 6.45) is 3.75. The Bertz CT molecular complexity index is 800. The summed E-state index contributed by atoms with van der Waals surface area (Å²) >= 11 is 0. The number of carboxylic acid groups (broad SMARTS) is 1. The van der Waals surface area contributed by atoms with E-state index in [4.69, 9.17) is 17.2 Å². The van der Waals surface area contributed by atoms with Crippen LogP contribution in [0.4, 0.5) is 0 Å². The number of aromatic nitrogens is 2. The van der Waals surface area contributed by atoms with Crippen molar-refractivity contribution >= 4 is 29.6 Å². The Morgan fingerprint density at radius 2 is 1.64 bits per heavy atom. The van der Waals surface area contributed by atoms with Crippen molar-refractivity contribution in [3.8, 4) is 0 Å². The van der Waals surface area contributed by atoms with Gasteiger partial charge in [0.2, 0.25) is 23.6 Å². The number of rotatable bonds is 16. The highest BCUT2D eigenvalue weighted by molar-refractivity contribution is 5.94. The van der Waals surface area contributed by atoms with Gasteiger partial charge in [0.1, 0.15) is 18.1 Å². The summed E-state index contributed by atoms with van der Waals surface area (Å²) in [6, 6.07) is -3.54. The molecule has 14 heteroatoms. The highest BCUT2D eigenvalue weighted by atomic mass is 16.4. The first-order chi connectivity index (χ1) is 15.7. The third-order valence-electron chi connectivity index (χ3n) is 4.69. The van der Waals surface area contributed by atoms with Crippen LogP contribution in [0.15, 0.2) is 12.5 Å². The molecule has 0 radical (unpaired) electrons. The van der Waals surface area contributed by atoms with E-state index in [-0.39, 0.29) is 32.2 Å². The molecule has 1 heterocycles. The number of carboxylic acids is 1. The van der Waals surface area contributed by atoms with Gasteiger partial charge in [0.05, 0.1) is 12.9 Å². The second kappa shape index (κ2) is 14.5. The lowest BCUT2D eigenvalue weighted by atomic mass is 10.1. The van der Waals surface area contributed by atoms with Gasteiger partial charge in [-0.2, -0.15) is 0 Å². The van der Waals surface area contributed by atoms with Crippen LogP contribution in [-0.2, 0) is 30.4 Å². The molecule has 14 nitrogen and oxygen atoms in total. The number of nitrogens with zero attached hydrogens (tertiary/aromatic N) is 1. The summed E-state index contributed by atoms with van der Waals surface area (Å²) in [4.78, 5) is 66.8. The molecule has 0 aliphatic carbocycles. The topological polar surface area (TPSA) is 248 Å². The van der Waals surface area contributed by atoms with Gasteiger partial charge in [-0.3, -0.25) is 19.2 Å². The Balaban J connectivity index is 2.99. The fourth-order valence-corrected chi connectivity index (χ4v) is 2.93. The Hall–Kier alpha value is -3.52. The van der Waals surface area contributed by atoms with Crippen LogP contribution in [0.1, 0.15) is 37.8 Å². The van der Waals surface area contributed by atoms with Crippen molar-refractivity contribution in [2.75, 3.05) is 13.1 Å². The van der Waals surface area contributed by atoms with E-state index in [0.717, 1.165) is 0 Å². The average Bonchev–Trinajstić information content (AvgIpc) is 3.28. The Morgan fingerprint density at radius 1 is 0.970 bits per heavy atom. The summed E-state index contributed by atoms with van der Waals surface area (Å²) in [5, 5.41) is 16.7. The first-order valence-electron chi connectivity index (χ1n) is 10.5. The third kappa shape index (κ3) is 10.6. The fourth-order valence-electron chi connectivity index (χ4n) is 2.93. The Kier molecular flexibility index (Phi) is 12.1. The summed E-state index contributed by atoms with van der Waals surface area (Å²) in [5.41, 5.74) is 16.3. The number of nitrogens with two attached hydrogens (primary N) is 3. The second-order valence-electron chi connectivity index (χ2n) is 7.36. The largest absolute Gasteiger partial charge is 0.480 e. The van der Waals surface area contributed by atoms with Crippen LogP contribution < -0.4 is 33.2 Å². The smallest absolute Gasteiger partial charge is 0.326 e. The number of H-pyrrole nitrogens is 1. The highest BCUT2D eigenvalue weighted by Crippen LogP contribution is 2.06. The lowest BCUT2D eigenvalue weighted by molar-refractivity contribution is -0.142. The van der Waals surface area contributed by atoms with E-state index in [1.165, 1.54) is 12.5 Å². The minimum atomic E-state index is -1.22. The van der Waals surface area contributed by atoms with Crippen molar-refractivity contribution < 1.29 is 29.1 Å². The molecule has 0 saturated heterocycles. The number of aromatic amines is 1. The minimum Gasteiger partial charge on any atom is -0.480 e. The van der Waals surface area contributed by atoms with Crippen LogP contribution in [0.2, 0.25) is 0 Å². The number of amides is 4. The van der Waals surface area contributed by atoms with Crippen LogP contribution in [0.3, 0.4) is 0 Å². The molecule has 1 rings (SSSR count). The second-order valence-corrected chi connectivity index (χ2v) is 7.36. The van der Waals surface area contributed by atoms with Crippen molar-refractivity contribution in [2.24, 2.45) is 17.2 Å². The number of carbonyl (C=O) groups excluding carboxylic acids is 4. The van der Waals surface area contributed by atoms with E-state index in [9.17, 15) is 29.1 Å². The first-order valence-corrected chi connectivity index (χ1v) is 10.5. The molecule has 0 aliphatic heterocycles. The van der Waals surface area contributed by atoms with E-state index < -0.39 is 47.7 Å². The van der Waals surface area contributed by atoms with Gasteiger partial charge in [0.15, 0.2) is 0 Å². The van der Waals surface area contributed by atoms with Crippen LogP contribution in [0, 0.1) is 0 Å². The molecule has 1 aromatic heterocycles. The number of aliphatic carboxylic acids is 1. The molecule has 0 aliphatic rings. The SMILES string of the molecule is NCCCCC(NC(=O)C(Cc1cnc[nH]1)NC(=O)C(CCC(N)=O)NC(=O)CN)C(=O)O. The maximum Gasteiger partial charge on any atom is 0.326 e. The zero-order valence-electron chi connectivity index (χ0n) is 18.2. The summed E-state index contributed by atoms with van der Waals surface area (Å²) in [7, 11) is 0. The zero-order chi connectivity index (χ0) is 24.8. The number of carbonyl (C=O) groups is 5. The van der Waals surface area contributed by atoms with Crippen LogP contribution >= 0.6 is 0 Å². The molecular formula is C19H32N8O6. The molecule has 4 amide bonds. The van der Waals surface area contributed by atoms with Gasteiger partial charge in [-0.05, 0) is 32.2 Å². The summed E-state index contributed by atoms with van der Waals surface area (Å²) in [6.45, 7) is 0.00149. The number of hydrogen-bond acceptors (Lipinski definition) is 8. The molecule has 3 atom stereocenters. The first kappa shape index (κ1) is 27.5. The van der Waals surface area contributed by atoms with E-state index in [0.29, 0.717) is 25.1 Å². The van der Waals surface area contributed by atoms with Crippen molar-refractivity contribution in [3.05, 3.63) is 18.2 Å². The molecular weight excluding hydrogens is 436 g/mol. The molecule has 0 bridgehead atoms. The van der Waals surface area contributed by atoms with Gasteiger partial charge in [-0.25, -0.2) is 9.78 Å². The summed E-state index contributed by atoms with van der Waals surface area (Å²) < 4.78 is 0. The predicted molar refractivity (Wildman–Crippen MR) is 116 cm³/mol. The third-order valence-corrected chi connectivity index (χ3v) is 4.69. The number of primary amides is 1. The van der Waals surface area contributed by atoms with Gasteiger partial charge in [0, 0.05) is 24.7 Å². The lowest BCUT2D eigenvalue weighted by Gasteiger charge is -2.24. The molecule has 0 spiro atoms. The van der Waals surface area contributed by atoms with E-state index in [2.05, 4.69) is 25.9 Å². The van der Waals surface area contributed by atoms with Crippen LogP contribution in [-0.4, -0.2) is 75.9 Å². The van der Waals surface area contributed by atoms with Gasteiger partial charge in [0.25, 0.3) is 0 Å². The van der Waals surface area contributed by atoms with Crippen LogP contribution in [0.25, 0.3) is 0 Å². The molecule has 33 heavy (non-hydrogen) atoms. The standard InChI is InChI=1S/C19H32N8O6/c20-6-2-1-3-13(19(32)33)26-18(31)14(7-11-9-23-10-24-11)27-17(30)12(4-5-15(22)28)25-16(29)8-21/h9-10,12-14H,1-8,20-21H2,(H2,22,28)(H,23,24)(H,25,29)(H,26,31)(H,27,30)(H,32,33). The van der Waals surface area contributed by atoms with Gasteiger partial charge < -0.3 is 43.2 Å². The molecule has 0 saturated carbocycles. The number of unbranched alkanes of at least 4 members (excludes halogenated alkanes) is 1. The van der Waals surface area contributed by atoms with Crippen LogP contribution in [0.5, 0.6) is 0 Å². The highest BCUT2D eigenvalue weighted by Gasteiger charge is 2.30. The Morgan fingerprint density at radius 3 is 2.18 bits per heavy atom. The molecule has 184 valence electrons. The quantitative estimate of drug-likeness (QED) is 0.114. The van der Waals surface area contributed by atoms with Crippen molar-refractivity contribution in [1.82, 2.24) is 25.9 Å². The maximum absolute atomic E-state index is 12.9. The zero-order valence-corrected chi connectivity index (χ0v) is 18.2. The monoisotopic (exact) mass is 468 g/mol. The molecule has 1 aromatic rings. The van der Waals surface area contributed by atoms with Crippen molar-refractivity contribution in [2.45, 2.75) is 56.7 Å². The number of imidazole rings is 1. The van der Waals surface area contributed by atoms with Gasteiger partial charge in [-0.1, -0.05) is 0 Å².